The van der Waals surface area contributed by atoms with E-state index in [4.69, 9.17) is 0 Å². The summed E-state index contributed by atoms with van der Waals surface area (Å²) in [7, 11) is 0. The van der Waals surface area contributed by atoms with Gasteiger partial charge < -0.3 is 17.0 Å². The van der Waals surface area contributed by atoms with E-state index in [0.29, 0.717) is 6.54 Å². The molecule has 0 aliphatic heterocycles. The van der Waals surface area contributed by atoms with Crippen molar-refractivity contribution in [3.05, 3.63) is 101 Å². The lowest BCUT2D eigenvalue weighted by atomic mass is 10.0. The van der Waals surface area contributed by atoms with Crippen LogP contribution in [0.3, 0.4) is 0 Å². The molecule has 122 valence electrons. The molecule has 0 spiro atoms. The number of hydrogen-bond donors (Lipinski definition) is 0. The van der Waals surface area contributed by atoms with Crippen molar-refractivity contribution >= 4 is 5.78 Å². The molecule has 0 unspecified atom stereocenters. The molecule has 0 aliphatic carbocycles. The lowest BCUT2D eigenvalue weighted by Crippen LogP contribution is -3.00. The Balaban J connectivity index is 0.00000208. The average molecular weight is 382 g/mol. The highest BCUT2D eigenvalue weighted by Gasteiger charge is 2.13. The molecule has 0 amide bonds. The predicted molar refractivity (Wildman–Crippen MR) is 91.4 cm³/mol. The summed E-state index contributed by atoms with van der Waals surface area (Å²) in [6.45, 7) is 2.34. The molecule has 0 radical (unpaired) electrons. The third kappa shape index (κ3) is 4.62. The minimum Gasteiger partial charge on any atom is -1.00 e. The molecule has 3 aromatic rings. The Labute approximate surface area is 153 Å². The second kappa shape index (κ2) is 8.55. The lowest BCUT2D eigenvalue weighted by molar-refractivity contribution is -0.683. The van der Waals surface area contributed by atoms with Crippen LogP contribution in [0.5, 0.6) is 0 Å². The molecule has 3 heteroatoms. The van der Waals surface area contributed by atoms with Crippen LogP contribution < -0.4 is 21.5 Å². The van der Waals surface area contributed by atoms with Gasteiger partial charge in [0.05, 0.1) is 0 Å². The average Bonchev–Trinajstić information content (AvgIpc) is 2.58. The van der Waals surface area contributed by atoms with Gasteiger partial charge in [-0.1, -0.05) is 54.6 Å². The zero-order chi connectivity index (χ0) is 16.1. The Kier molecular flexibility index (Phi) is 6.44. The van der Waals surface area contributed by atoms with Crippen LogP contribution >= 0.6 is 0 Å². The first-order valence-electron chi connectivity index (χ1n) is 7.83. The molecule has 3 rings (SSSR count). The highest BCUT2D eigenvalue weighted by Crippen LogP contribution is 2.09. The Morgan fingerprint density at radius 3 is 2.08 bits per heavy atom. The van der Waals surface area contributed by atoms with E-state index in [1.165, 1.54) is 11.1 Å². The molecule has 0 fully saturated rings. The fourth-order valence-electron chi connectivity index (χ4n) is 2.68. The second-order valence-electron chi connectivity index (χ2n) is 5.78. The molecule has 2 nitrogen and oxygen atoms in total. The van der Waals surface area contributed by atoms with Crippen molar-refractivity contribution in [1.82, 2.24) is 0 Å². The SMILES string of the molecule is Cc1ccccc1C(=O)C[n+]1ccc(Cc2ccccc2)cc1.[Br-]. The Bertz CT molecular complexity index is 798. The number of halogens is 1. The summed E-state index contributed by atoms with van der Waals surface area (Å²) in [5.74, 6) is 0.143. The molecule has 2 aromatic carbocycles. The van der Waals surface area contributed by atoms with Gasteiger partial charge in [-0.05, 0) is 30.0 Å². The van der Waals surface area contributed by atoms with Crippen LogP contribution in [0.4, 0.5) is 0 Å². The number of aromatic nitrogens is 1. The summed E-state index contributed by atoms with van der Waals surface area (Å²) in [5, 5.41) is 0. The largest absolute Gasteiger partial charge is 1.00 e. The van der Waals surface area contributed by atoms with Gasteiger partial charge in [0.15, 0.2) is 12.4 Å². The molecule has 0 saturated heterocycles. The topological polar surface area (TPSA) is 20.9 Å². The third-order valence-electron chi connectivity index (χ3n) is 3.98. The van der Waals surface area contributed by atoms with E-state index in [1.807, 2.05) is 54.2 Å². The van der Waals surface area contributed by atoms with Crippen LogP contribution in [0.25, 0.3) is 0 Å². The van der Waals surface area contributed by atoms with Crippen molar-refractivity contribution in [3.63, 3.8) is 0 Å². The van der Waals surface area contributed by atoms with Gasteiger partial charge in [0, 0.05) is 17.7 Å². The maximum atomic E-state index is 12.4. The first-order valence-corrected chi connectivity index (χ1v) is 7.83. The number of aryl methyl sites for hydroxylation is 1. The van der Waals surface area contributed by atoms with Gasteiger partial charge in [-0.3, -0.25) is 4.79 Å². The Morgan fingerprint density at radius 1 is 0.833 bits per heavy atom. The number of carbonyl (C=O) groups excluding carboxylic acids is 1. The van der Waals surface area contributed by atoms with Gasteiger partial charge in [0.25, 0.3) is 0 Å². The molecule has 0 saturated carbocycles. The molecule has 24 heavy (non-hydrogen) atoms. The van der Waals surface area contributed by atoms with Gasteiger partial charge in [0.2, 0.25) is 12.3 Å². The Morgan fingerprint density at radius 2 is 1.42 bits per heavy atom. The van der Waals surface area contributed by atoms with E-state index in [0.717, 1.165) is 17.5 Å². The molecular weight excluding hydrogens is 362 g/mol. The number of nitrogens with zero attached hydrogens (tertiary/aromatic N) is 1. The fourth-order valence-corrected chi connectivity index (χ4v) is 2.68. The summed E-state index contributed by atoms with van der Waals surface area (Å²) in [5.41, 5.74) is 4.36. The van der Waals surface area contributed by atoms with Crippen molar-refractivity contribution in [2.75, 3.05) is 0 Å². The summed E-state index contributed by atoms with van der Waals surface area (Å²) < 4.78 is 1.93. The molecule has 0 atom stereocenters. The van der Waals surface area contributed by atoms with Crippen LogP contribution in [-0.2, 0) is 13.0 Å². The zero-order valence-electron chi connectivity index (χ0n) is 13.7. The normalized spacial score (nSPS) is 10.0. The van der Waals surface area contributed by atoms with Crippen molar-refractivity contribution in [3.8, 4) is 0 Å². The van der Waals surface area contributed by atoms with E-state index in [2.05, 4.69) is 36.4 Å². The van der Waals surface area contributed by atoms with Crippen molar-refractivity contribution in [2.24, 2.45) is 0 Å². The first-order chi connectivity index (χ1) is 11.2. The minimum absolute atomic E-state index is 0. The first kappa shape index (κ1) is 18.1. The summed E-state index contributed by atoms with van der Waals surface area (Å²) in [6, 6.07) is 22.3. The maximum Gasteiger partial charge on any atom is 0.227 e. The summed E-state index contributed by atoms with van der Waals surface area (Å²) >= 11 is 0. The van der Waals surface area contributed by atoms with Crippen molar-refractivity contribution in [1.29, 1.82) is 0 Å². The van der Waals surface area contributed by atoms with E-state index in [-0.39, 0.29) is 22.8 Å². The summed E-state index contributed by atoms with van der Waals surface area (Å²) in [4.78, 5) is 12.4. The minimum atomic E-state index is 0. The third-order valence-corrected chi connectivity index (χ3v) is 3.98. The fraction of sp³-hybridized carbons (Fsp3) is 0.143. The second-order valence-corrected chi connectivity index (χ2v) is 5.78. The van der Waals surface area contributed by atoms with Gasteiger partial charge in [-0.15, -0.1) is 0 Å². The monoisotopic (exact) mass is 381 g/mol. The molecule has 1 aromatic heterocycles. The Hall–Kier alpha value is -2.26. The number of Topliss-reactive ketones (excluding diaryl/α,β-unsaturated/α-hetero) is 1. The number of ketones is 1. The van der Waals surface area contributed by atoms with Crippen molar-refractivity contribution in [2.45, 2.75) is 19.9 Å². The molecular formula is C21H20BrNO. The van der Waals surface area contributed by atoms with Gasteiger partial charge >= 0.3 is 0 Å². The van der Waals surface area contributed by atoms with Crippen LogP contribution in [0.15, 0.2) is 79.1 Å². The van der Waals surface area contributed by atoms with Crippen molar-refractivity contribution < 1.29 is 26.3 Å². The van der Waals surface area contributed by atoms with Crippen LogP contribution in [0, 0.1) is 6.92 Å². The molecule has 0 aliphatic rings. The van der Waals surface area contributed by atoms with Crippen LogP contribution in [0.2, 0.25) is 0 Å². The predicted octanol–water partition coefficient (Wildman–Crippen LogP) is 0.760. The van der Waals surface area contributed by atoms with E-state index in [1.54, 1.807) is 0 Å². The number of benzene rings is 2. The molecule has 0 bridgehead atoms. The lowest BCUT2D eigenvalue weighted by Gasteiger charge is -2.03. The van der Waals surface area contributed by atoms with Crippen LogP contribution in [-0.4, -0.2) is 5.78 Å². The van der Waals surface area contributed by atoms with Crippen LogP contribution in [0.1, 0.15) is 27.0 Å². The smallest absolute Gasteiger partial charge is 0.227 e. The van der Waals surface area contributed by atoms with Gasteiger partial charge in [-0.2, -0.15) is 4.57 Å². The van der Waals surface area contributed by atoms with E-state index in [9.17, 15) is 4.79 Å². The zero-order valence-corrected chi connectivity index (χ0v) is 15.2. The number of hydrogen-bond acceptors (Lipinski definition) is 1. The number of pyridine rings is 1. The number of rotatable bonds is 5. The molecule has 0 N–H and O–H groups in total. The number of carbonyl (C=O) groups is 1. The highest BCUT2D eigenvalue weighted by atomic mass is 79.9. The summed E-state index contributed by atoms with van der Waals surface area (Å²) in [6.07, 6.45) is 4.87. The highest BCUT2D eigenvalue weighted by molar-refractivity contribution is 5.96. The van der Waals surface area contributed by atoms with Gasteiger partial charge in [0.1, 0.15) is 0 Å². The quantitative estimate of drug-likeness (QED) is 0.472. The van der Waals surface area contributed by atoms with Gasteiger partial charge in [-0.25, -0.2) is 0 Å². The van der Waals surface area contributed by atoms with E-state index >= 15 is 0 Å². The van der Waals surface area contributed by atoms with E-state index < -0.39 is 0 Å². The maximum absolute atomic E-state index is 12.4. The standard InChI is InChI=1S/C21H20NO.BrH/c1-17-7-5-6-10-20(17)21(23)16-22-13-11-19(12-14-22)15-18-8-3-2-4-9-18;/h2-14H,15-16H2,1H3;1H/q+1;/p-1. The molecule has 1 heterocycles.